The highest BCUT2D eigenvalue weighted by molar-refractivity contribution is 5.96. The van der Waals surface area contributed by atoms with Crippen LogP contribution in [-0.4, -0.2) is 24.7 Å². The molecular formula is C38H32N2O. The van der Waals surface area contributed by atoms with Crippen molar-refractivity contribution >= 4 is 27.4 Å². The summed E-state index contributed by atoms with van der Waals surface area (Å²) in [6.07, 6.45) is 4.18. The Balaban J connectivity index is 1.14. The predicted octanol–water partition coefficient (Wildman–Crippen LogP) is 8.79. The van der Waals surface area contributed by atoms with Gasteiger partial charge in [-0.3, -0.25) is 4.98 Å². The Labute approximate surface area is 241 Å². The summed E-state index contributed by atoms with van der Waals surface area (Å²) >= 11 is 0. The van der Waals surface area contributed by atoms with E-state index in [1.165, 1.54) is 55.2 Å². The van der Waals surface area contributed by atoms with Crippen molar-refractivity contribution in [1.29, 1.82) is 0 Å². The number of rotatable bonds is 4. The normalized spacial score (nSPS) is 16.0. The lowest BCUT2D eigenvalue weighted by Gasteiger charge is -2.34. The standard InChI is InChI=1S/C38H32N2O/c1-3-9-33-29(6-1)8-5-10-34(33)30-14-12-28(13-15-30)31-16-17-37-35(23-31)38(18-20-41-21-19-38)26-40(37)25-27-22-32-7-2-4-11-36(32)39-24-27/h1-17,22-24H,18-21,25-26H2. The van der Waals surface area contributed by atoms with E-state index in [1.54, 1.807) is 0 Å². The van der Waals surface area contributed by atoms with Gasteiger partial charge in [0.15, 0.2) is 0 Å². The Kier molecular flexibility index (Phi) is 5.86. The molecule has 0 amide bonds. The number of anilines is 1. The van der Waals surface area contributed by atoms with Crippen LogP contribution in [0.5, 0.6) is 0 Å². The molecule has 0 unspecified atom stereocenters. The molecule has 5 aromatic carbocycles. The van der Waals surface area contributed by atoms with E-state index in [9.17, 15) is 0 Å². The Hall–Kier alpha value is -4.47. The van der Waals surface area contributed by atoms with Crippen molar-refractivity contribution < 1.29 is 4.74 Å². The molecule has 0 N–H and O–H groups in total. The van der Waals surface area contributed by atoms with E-state index in [-0.39, 0.29) is 5.41 Å². The Morgan fingerprint density at radius 3 is 2.29 bits per heavy atom. The molecule has 200 valence electrons. The molecule has 2 aliphatic heterocycles. The van der Waals surface area contributed by atoms with Crippen LogP contribution in [0, 0.1) is 0 Å². The predicted molar refractivity (Wildman–Crippen MR) is 169 cm³/mol. The Morgan fingerprint density at radius 2 is 1.41 bits per heavy atom. The van der Waals surface area contributed by atoms with Crippen LogP contribution in [0.15, 0.2) is 121 Å². The fourth-order valence-electron chi connectivity index (χ4n) is 7.03. The number of hydrogen-bond acceptors (Lipinski definition) is 3. The van der Waals surface area contributed by atoms with Crippen LogP contribution in [0.1, 0.15) is 24.0 Å². The van der Waals surface area contributed by atoms with Crippen molar-refractivity contribution in [2.75, 3.05) is 24.7 Å². The molecule has 1 spiro atoms. The van der Waals surface area contributed by atoms with Crippen LogP contribution in [0.25, 0.3) is 43.9 Å². The third-order valence-corrected chi connectivity index (χ3v) is 9.19. The molecule has 0 atom stereocenters. The van der Waals surface area contributed by atoms with Gasteiger partial charge in [0.05, 0.1) is 5.52 Å². The number of aromatic nitrogens is 1. The van der Waals surface area contributed by atoms with Crippen LogP contribution < -0.4 is 4.90 Å². The molecule has 0 radical (unpaired) electrons. The first-order chi connectivity index (χ1) is 20.3. The molecule has 3 heterocycles. The summed E-state index contributed by atoms with van der Waals surface area (Å²) < 4.78 is 5.85. The van der Waals surface area contributed by atoms with E-state index < -0.39 is 0 Å². The number of pyridine rings is 1. The first-order valence-corrected chi connectivity index (χ1v) is 14.7. The highest BCUT2D eigenvalue weighted by atomic mass is 16.5. The Bertz CT molecular complexity index is 1880. The second-order valence-corrected chi connectivity index (χ2v) is 11.6. The van der Waals surface area contributed by atoms with Gasteiger partial charge in [-0.25, -0.2) is 0 Å². The Morgan fingerprint density at radius 1 is 0.683 bits per heavy atom. The zero-order valence-electron chi connectivity index (χ0n) is 23.1. The summed E-state index contributed by atoms with van der Waals surface area (Å²) in [5.74, 6) is 0. The van der Waals surface area contributed by atoms with Crippen LogP contribution in [0.4, 0.5) is 5.69 Å². The zero-order valence-corrected chi connectivity index (χ0v) is 23.1. The van der Waals surface area contributed by atoms with Gasteiger partial charge in [0, 0.05) is 49.0 Å². The SMILES string of the molecule is c1ccc2ncc(CN3CC4(CCOCC4)c4cc(-c5ccc(-c6cccc7ccccc67)cc5)ccc43)cc2c1. The molecule has 0 saturated carbocycles. The van der Waals surface area contributed by atoms with Gasteiger partial charge in [0.25, 0.3) is 0 Å². The van der Waals surface area contributed by atoms with Gasteiger partial charge in [-0.15, -0.1) is 0 Å². The second kappa shape index (κ2) is 9.87. The summed E-state index contributed by atoms with van der Waals surface area (Å²) in [4.78, 5) is 7.31. The highest BCUT2D eigenvalue weighted by Crippen LogP contribution is 2.48. The van der Waals surface area contributed by atoms with E-state index >= 15 is 0 Å². The van der Waals surface area contributed by atoms with Gasteiger partial charge in [-0.2, -0.15) is 0 Å². The summed E-state index contributed by atoms with van der Waals surface area (Å²) in [5.41, 5.74) is 10.4. The van der Waals surface area contributed by atoms with E-state index in [0.717, 1.165) is 44.7 Å². The molecule has 3 heteroatoms. The number of benzene rings is 5. The highest BCUT2D eigenvalue weighted by Gasteiger charge is 2.43. The molecule has 1 saturated heterocycles. The first-order valence-electron chi connectivity index (χ1n) is 14.7. The molecule has 3 nitrogen and oxygen atoms in total. The fraction of sp³-hybridized carbons (Fsp3) is 0.184. The van der Waals surface area contributed by atoms with E-state index in [2.05, 4.69) is 120 Å². The lowest BCUT2D eigenvalue weighted by molar-refractivity contribution is 0.0553. The van der Waals surface area contributed by atoms with Gasteiger partial charge in [-0.1, -0.05) is 91.0 Å². The average molecular weight is 533 g/mol. The summed E-state index contributed by atoms with van der Waals surface area (Å²) in [7, 11) is 0. The topological polar surface area (TPSA) is 25.4 Å². The van der Waals surface area contributed by atoms with Gasteiger partial charge in [0.2, 0.25) is 0 Å². The number of para-hydroxylation sites is 1. The third kappa shape index (κ3) is 4.29. The number of nitrogens with zero attached hydrogens (tertiary/aromatic N) is 2. The maximum atomic E-state index is 5.85. The first kappa shape index (κ1) is 24.3. The maximum absolute atomic E-state index is 5.85. The van der Waals surface area contributed by atoms with E-state index in [1.807, 2.05) is 6.20 Å². The lowest BCUT2D eigenvalue weighted by atomic mass is 9.75. The summed E-state index contributed by atoms with van der Waals surface area (Å²) in [6.45, 7) is 3.55. The van der Waals surface area contributed by atoms with Crippen molar-refractivity contribution in [2.45, 2.75) is 24.8 Å². The molecule has 8 rings (SSSR count). The lowest BCUT2D eigenvalue weighted by Crippen LogP contribution is -2.38. The monoisotopic (exact) mass is 532 g/mol. The molecule has 2 aliphatic rings. The smallest absolute Gasteiger partial charge is 0.0702 e. The van der Waals surface area contributed by atoms with E-state index in [0.29, 0.717) is 0 Å². The molecular weight excluding hydrogens is 500 g/mol. The number of ether oxygens (including phenoxy) is 1. The molecule has 41 heavy (non-hydrogen) atoms. The second-order valence-electron chi connectivity index (χ2n) is 11.6. The van der Waals surface area contributed by atoms with Crippen LogP contribution in [-0.2, 0) is 16.7 Å². The van der Waals surface area contributed by atoms with Crippen molar-refractivity contribution in [2.24, 2.45) is 0 Å². The summed E-state index contributed by atoms with van der Waals surface area (Å²) in [5, 5.41) is 3.77. The molecule has 1 aromatic heterocycles. The van der Waals surface area contributed by atoms with Crippen molar-refractivity contribution in [1.82, 2.24) is 4.98 Å². The van der Waals surface area contributed by atoms with Crippen LogP contribution >= 0.6 is 0 Å². The van der Waals surface area contributed by atoms with Gasteiger partial charge in [0.1, 0.15) is 0 Å². The average Bonchev–Trinajstić information content (AvgIpc) is 3.32. The molecule has 6 aromatic rings. The minimum absolute atomic E-state index is 0.136. The third-order valence-electron chi connectivity index (χ3n) is 9.19. The molecule has 1 fully saturated rings. The fourth-order valence-corrected chi connectivity index (χ4v) is 7.03. The van der Waals surface area contributed by atoms with Gasteiger partial charge < -0.3 is 9.64 Å². The van der Waals surface area contributed by atoms with Gasteiger partial charge in [-0.05, 0) is 81.3 Å². The quantitative estimate of drug-likeness (QED) is 0.227. The minimum atomic E-state index is 0.136. The van der Waals surface area contributed by atoms with E-state index in [4.69, 9.17) is 9.72 Å². The maximum Gasteiger partial charge on any atom is 0.0702 e. The van der Waals surface area contributed by atoms with Crippen molar-refractivity contribution in [3.63, 3.8) is 0 Å². The van der Waals surface area contributed by atoms with Crippen LogP contribution in [0.2, 0.25) is 0 Å². The van der Waals surface area contributed by atoms with Crippen molar-refractivity contribution in [3.05, 3.63) is 133 Å². The van der Waals surface area contributed by atoms with Gasteiger partial charge >= 0.3 is 0 Å². The molecule has 0 aliphatic carbocycles. The van der Waals surface area contributed by atoms with Crippen LogP contribution in [0.3, 0.4) is 0 Å². The molecule has 0 bridgehead atoms. The summed E-state index contributed by atoms with van der Waals surface area (Å²) in [6, 6.07) is 42.1. The largest absolute Gasteiger partial charge is 0.381 e. The zero-order chi connectivity index (χ0) is 27.2. The van der Waals surface area contributed by atoms with Crippen molar-refractivity contribution in [3.8, 4) is 22.3 Å². The number of fused-ring (bicyclic) bond motifs is 4. The number of hydrogen-bond donors (Lipinski definition) is 0. The minimum Gasteiger partial charge on any atom is -0.381 e.